The number of benzene rings is 1. The minimum atomic E-state index is -1.42. The number of aliphatic hydroxyl groups excluding tert-OH is 3. The monoisotopic (exact) mass is 304 g/mol. The van der Waals surface area contributed by atoms with Crippen LogP contribution in [0.15, 0.2) is 18.2 Å². The molecule has 1 aromatic rings. The second-order valence-electron chi connectivity index (χ2n) is 4.37. The second kappa shape index (κ2) is 5.90. The highest BCUT2D eigenvalue weighted by molar-refractivity contribution is 6.30. The molecule has 110 valence electrons. The van der Waals surface area contributed by atoms with Crippen LogP contribution in [0.3, 0.4) is 0 Å². The van der Waals surface area contributed by atoms with Crippen LogP contribution in [0.4, 0.5) is 11.4 Å². The summed E-state index contributed by atoms with van der Waals surface area (Å²) in [6.45, 7) is -0.197. The standard InChI is InChI=1S/C11H13ClN2O6/c12-5-1-2-6(7(3-5)14(18)19)13-11-10(17)9(16)8(15)4-20-11/h1-3,8-11,13,15-17H,4H2/t8-,9-,10-,11-/m1/s1. The number of nitro benzene ring substituents is 1. The molecule has 0 aromatic heterocycles. The van der Waals surface area contributed by atoms with Crippen molar-refractivity contribution < 1.29 is 25.0 Å². The molecular weight excluding hydrogens is 292 g/mol. The molecule has 9 heteroatoms. The number of halogens is 1. The first-order chi connectivity index (χ1) is 9.40. The van der Waals surface area contributed by atoms with Gasteiger partial charge in [0, 0.05) is 11.1 Å². The summed E-state index contributed by atoms with van der Waals surface area (Å²) < 4.78 is 5.12. The van der Waals surface area contributed by atoms with E-state index in [9.17, 15) is 25.4 Å². The third kappa shape index (κ3) is 3.00. The summed E-state index contributed by atoms with van der Waals surface area (Å²) in [7, 11) is 0. The summed E-state index contributed by atoms with van der Waals surface area (Å²) in [5.74, 6) is 0. The highest BCUT2D eigenvalue weighted by atomic mass is 35.5. The Balaban J connectivity index is 2.20. The fourth-order valence-corrected chi connectivity index (χ4v) is 2.03. The number of aliphatic hydroxyl groups is 3. The smallest absolute Gasteiger partial charge is 0.293 e. The van der Waals surface area contributed by atoms with Gasteiger partial charge in [0.05, 0.1) is 11.5 Å². The highest BCUT2D eigenvalue weighted by Gasteiger charge is 2.38. The number of ether oxygens (including phenoxy) is 1. The Morgan fingerprint density at radius 3 is 2.70 bits per heavy atom. The van der Waals surface area contributed by atoms with E-state index >= 15 is 0 Å². The maximum atomic E-state index is 10.9. The molecule has 0 bridgehead atoms. The molecule has 0 amide bonds. The van der Waals surface area contributed by atoms with Gasteiger partial charge in [-0.25, -0.2) is 0 Å². The van der Waals surface area contributed by atoms with E-state index in [0.29, 0.717) is 0 Å². The highest BCUT2D eigenvalue weighted by Crippen LogP contribution is 2.29. The first-order valence-corrected chi connectivity index (χ1v) is 6.14. The third-order valence-corrected chi connectivity index (χ3v) is 3.19. The van der Waals surface area contributed by atoms with Crippen LogP contribution in [0.25, 0.3) is 0 Å². The Kier molecular flexibility index (Phi) is 4.41. The fourth-order valence-electron chi connectivity index (χ4n) is 1.86. The zero-order valence-electron chi connectivity index (χ0n) is 10.1. The van der Waals surface area contributed by atoms with Crippen molar-refractivity contribution in [1.29, 1.82) is 0 Å². The van der Waals surface area contributed by atoms with Gasteiger partial charge < -0.3 is 25.4 Å². The first kappa shape index (κ1) is 14.9. The second-order valence-corrected chi connectivity index (χ2v) is 4.80. The van der Waals surface area contributed by atoms with E-state index in [0.717, 1.165) is 6.07 Å². The van der Waals surface area contributed by atoms with Gasteiger partial charge in [-0.1, -0.05) is 11.6 Å². The van der Waals surface area contributed by atoms with Crippen LogP contribution >= 0.6 is 11.6 Å². The number of hydrogen-bond donors (Lipinski definition) is 4. The molecule has 0 aliphatic carbocycles. The van der Waals surface area contributed by atoms with Gasteiger partial charge >= 0.3 is 0 Å². The van der Waals surface area contributed by atoms with Gasteiger partial charge in [-0.3, -0.25) is 10.1 Å². The molecule has 1 aromatic carbocycles. The van der Waals surface area contributed by atoms with E-state index in [1.165, 1.54) is 12.1 Å². The van der Waals surface area contributed by atoms with Crippen LogP contribution in [0.1, 0.15) is 0 Å². The average molecular weight is 305 g/mol. The molecule has 4 atom stereocenters. The lowest BCUT2D eigenvalue weighted by atomic mass is 10.0. The Morgan fingerprint density at radius 2 is 2.05 bits per heavy atom. The van der Waals surface area contributed by atoms with Gasteiger partial charge in [-0.05, 0) is 12.1 Å². The van der Waals surface area contributed by atoms with Crippen molar-refractivity contribution in [3.05, 3.63) is 33.3 Å². The van der Waals surface area contributed by atoms with Crippen LogP contribution in [-0.4, -0.2) is 51.4 Å². The number of nitrogens with one attached hydrogen (secondary N) is 1. The van der Waals surface area contributed by atoms with E-state index in [1.54, 1.807) is 0 Å². The Labute approximate surface area is 118 Å². The topological polar surface area (TPSA) is 125 Å². The van der Waals surface area contributed by atoms with Crippen LogP contribution in [0.2, 0.25) is 5.02 Å². The van der Waals surface area contributed by atoms with Crippen molar-refractivity contribution in [2.75, 3.05) is 11.9 Å². The third-order valence-electron chi connectivity index (χ3n) is 2.96. The van der Waals surface area contributed by atoms with Gasteiger partial charge in [-0.2, -0.15) is 0 Å². The van der Waals surface area contributed by atoms with Crippen molar-refractivity contribution in [3.63, 3.8) is 0 Å². The SMILES string of the molecule is O=[N+]([O-])c1cc(Cl)ccc1N[C@@H]1OC[C@@H](O)[C@@H](O)[C@H]1O. The lowest BCUT2D eigenvalue weighted by Crippen LogP contribution is -2.55. The molecule has 4 N–H and O–H groups in total. The molecule has 1 saturated heterocycles. The number of anilines is 1. The summed E-state index contributed by atoms with van der Waals surface area (Å²) >= 11 is 5.69. The molecule has 0 radical (unpaired) electrons. The molecule has 0 saturated carbocycles. The maximum absolute atomic E-state index is 10.9. The summed E-state index contributed by atoms with van der Waals surface area (Å²) in [5.41, 5.74) is -0.194. The van der Waals surface area contributed by atoms with Crippen molar-refractivity contribution in [3.8, 4) is 0 Å². The Morgan fingerprint density at radius 1 is 1.35 bits per heavy atom. The van der Waals surface area contributed by atoms with Crippen molar-refractivity contribution >= 4 is 23.0 Å². The van der Waals surface area contributed by atoms with Crippen LogP contribution < -0.4 is 5.32 Å². The minimum absolute atomic E-state index is 0.0899. The minimum Gasteiger partial charge on any atom is -0.388 e. The van der Waals surface area contributed by atoms with Crippen LogP contribution in [0.5, 0.6) is 0 Å². The van der Waals surface area contributed by atoms with Crippen molar-refractivity contribution in [2.24, 2.45) is 0 Å². The van der Waals surface area contributed by atoms with Gasteiger partial charge in [0.25, 0.3) is 5.69 Å². The van der Waals surface area contributed by atoms with Gasteiger partial charge in [0.2, 0.25) is 0 Å². The zero-order valence-corrected chi connectivity index (χ0v) is 10.9. The predicted molar refractivity (Wildman–Crippen MR) is 69.5 cm³/mol. The van der Waals surface area contributed by atoms with E-state index in [1.807, 2.05) is 0 Å². The van der Waals surface area contributed by atoms with E-state index in [2.05, 4.69) is 5.32 Å². The van der Waals surface area contributed by atoms with E-state index in [4.69, 9.17) is 16.3 Å². The predicted octanol–water partition coefficient (Wildman–Crippen LogP) is 0.0991. The van der Waals surface area contributed by atoms with Crippen molar-refractivity contribution in [1.82, 2.24) is 0 Å². The molecule has 1 aliphatic rings. The Bertz CT molecular complexity index is 514. The van der Waals surface area contributed by atoms with E-state index in [-0.39, 0.29) is 23.0 Å². The number of nitrogens with zero attached hydrogens (tertiary/aromatic N) is 1. The van der Waals surface area contributed by atoms with Crippen LogP contribution in [0, 0.1) is 10.1 Å². The fraction of sp³-hybridized carbons (Fsp3) is 0.455. The maximum Gasteiger partial charge on any atom is 0.293 e. The van der Waals surface area contributed by atoms with Gasteiger partial charge in [-0.15, -0.1) is 0 Å². The molecule has 2 rings (SSSR count). The molecule has 0 spiro atoms. The Hall–Kier alpha value is -1.45. The van der Waals surface area contributed by atoms with E-state index < -0.39 is 29.5 Å². The number of rotatable bonds is 3. The van der Waals surface area contributed by atoms with Gasteiger partial charge in [0.15, 0.2) is 6.23 Å². The molecule has 1 aliphatic heterocycles. The normalized spacial score (nSPS) is 30.0. The van der Waals surface area contributed by atoms with Crippen molar-refractivity contribution in [2.45, 2.75) is 24.5 Å². The molecule has 0 unspecified atom stereocenters. The molecule has 1 fully saturated rings. The summed E-state index contributed by atoms with van der Waals surface area (Å²) in [4.78, 5) is 10.3. The lowest BCUT2D eigenvalue weighted by Gasteiger charge is -2.35. The molecule has 8 nitrogen and oxygen atoms in total. The first-order valence-electron chi connectivity index (χ1n) is 5.76. The quantitative estimate of drug-likeness (QED) is 0.461. The summed E-state index contributed by atoms with van der Waals surface area (Å²) in [6, 6.07) is 3.97. The number of hydrogen-bond acceptors (Lipinski definition) is 7. The molecule has 1 heterocycles. The van der Waals surface area contributed by atoms with Gasteiger partial charge in [0.1, 0.15) is 24.0 Å². The lowest BCUT2D eigenvalue weighted by molar-refractivity contribution is -0.384. The largest absolute Gasteiger partial charge is 0.388 e. The van der Waals surface area contributed by atoms with Crippen LogP contribution in [-0.2, 0) is 4.74 Å². The number of nitro groups is 1. The zero-order chi connectivity index (χ0) is 14.9. The average Bonchev–Trinajstić information content (AvgIpc) is 2.41. The summed E-state index contributed by atoms with van der Waals surface area (Å²) in [5, 5.41) is 42.4. The molecule has 20 heavy (non-hydrogen) atoms. The molecular formula is C11H13ClN2O6. The summed E-state index contributed by atoms with van der Waals surface area (Å²) in [6.07, 6.45) is -5.10.